The normalized spacial score (nSPS) is 10.8. The van der Waals surface area contributed by atoms with Gasteiger partial charge in [0.1, 0.15) is 0 Å². The number of carbonyl (C=O) groups excluding carboxylic acids is 1. The highest BCUT2D eigenvalue weighted by molar-refractivity contribution is 7.13. The van der Waals surface area contributed by atoms with Crippen molar-refractivity contribution in [2.24, 2.45) is 0 Å². The Balaban J connectivity index is 2.20. The van der Waals surface area contributed by atoms with Gasteiger partial charge in [-0.2, -0.15) is 0 Å². The molecule has 0 spiro atoms. The molecule has 0 saturated carbocycles. The van der Waals surface area contributed by atoms with Crippen molar-refractivity contribution in [2.45, 2.75) is 6.92 Å². The number of nitrogens with zero attached hydrogens (tertiary/aromatic N) is 1. The number of hydrogen-bond donors (Lipinski definition) is 0. The summed E-state index contributed by atoms with van der Waals surface area (Å²) in [7, 11) is 0. The summed E-state index contributed by atoms with van der Waals surface area (Å²) in [5.41, 5.74) is 2.25. The van der Waals surface area contributed by atoms with Crippen LogP contribution in [0.4, 0.5) is 0 Å². The molecule has 2 aromatic heterocycles. The van der Waals surface area contributed by atoms with E-state index in [1.807, 2.05) is 36.6 Å². The van der Waals surface area contributed by atoms with Gasteiger partial charge in [-0.25, -0.2) is 0 Å². The highest BCUT2D eigenvalue weighted by atomic mass is 35.5. The van der Waals surface area contributed by atoms with Crippen LogP contribution in [-0.4, -0.2) is 10.8 Å². The highest BCUT2D eigenvalue weighted by Gasteiger charge is 2.18. The molecule has 4 heteroatoms. The number of carbonyl (C=O) groups is 1. The second kappa shape index (κ2) is 4.76. The van der Waals surface area contributed by atoms with Gasteiger partial charge in [-0.3, -0.25) is 9.78 Å². The van der Waals surface area contributed by atoms with E-state index < -0.39 is 0 Å². The van der Waals surface area contributed by atoms with Gasteiger partial charge in [-0.15, -0.1) is 11.3 Å². The maximum absolute atomic E-state index is 12.6. The molecule has 0 aliphatic rings. The first-order chi connectivity index (χ1) is 9.18. The average molecular weight is 288 g/mol. The SMILES string of the molecule is Cc1csc(C(=O)c2cccc3cccnc23)c1Cl. The highest BCUT2D eigenvalue weighted by Crippen LogP contribution is 2.30. The topological polar surface area (TPSA) is 30.0 Å². The first-order valence-electron chi connectivity index (χ1n) is 5.80. The number of thiophene rings is 1. The van der Waals surface area contributed by atoms with Gasteiger partial charge in [-0.05, 0) is 30.0 Å². The van der Waals surface area contributed by atoms with Crippen LogP contribution >= 0.6 is 22.9 Å². The molecule has 0 N–H and O–H groups in total. The number of ketones is 1. The van der Waals surface area contributed by atoms with Gasteiger partial charge in [0.25, 0.3) is 0 Å². The number of hydrogen-bond acceptors (Lipinski definition) is 3. The summed E-state index contributed by atoms with van der Waals surface area (Å²) >= 11 is 7.55. The van der Waals surface area contributed by atoms with Crippen LogP contribution in [0, 0.1) is 6.92 Å². The molecule has 3 aromatic rings. The number of fused-ring (bicyclic) bond motifs is 1. The summed E-state index contributed by atoms with van der Waals surface area (Å²) in [5.74, 6) is -0.0626. The summed E-state index contributed by atoms with van der Waals surface area (Å²) in [6.07, 6.45) is 1.69. The van der Waals surface area contributed by atoms with Crippen molar-refractivity contribution in [2.75, 3.05) is 0 Å². The van der Waals surface area contributed by atoms with E-state index in [2.05, 4.69) is 4.98 Å². The third-order valence-corrected chi connectivity index (χ3v) is 4.68. The van der Waals surface area contributed by atoms with Crippen molar-refractivity contribution in [3.05, 3.63) is 62.9 Å². The number of benzene rings is 1. The van der Waals surface area contributed by atoms with Crippen molar-refractivity contribution >= 4 is 39.6 Å². The molecule has 0 saturated heterocycles. The Morgan fingerprint density at radius 3 is 2.79 bits per heavy atom. The number of halogens is 1. The van der Waals surface area contributed by atoms with Gasteiger partial charge in [0, 0.05) is 17.1 Å². The lowest BCUT2D eigenvalue weighted by atomic mass is 10.0. The first kappa shape index (κ1) is 12.3. The third-order valence-electron chi connectivity index (χ3n) is 2.98. The first-order valence-corrected chi connectivity index (χ1v) is 7.06. The lowest BCUT2D eigenvalue weighted by molar-refractivity contribution is 0.104. The fourth-order valence-electron chi connectivity index (χ4n) is 1.99. The van der Waals surface area contributed by atoms with Crippen LogP contribution in [0.2, 0.25) is 5.02 Å². The quantitative estimate of drug-likeness (QED) is 0.650. The van der Waals surface area contributed by atoms with Gasteiger partial charge < -0.3 is 0 Å². The van der Waals surface area contributed by atoms with Gasteiger partial charge in [0.2, 0.25) is 5.78 Å². The van der Waals surface area contributed by atoms with E-state index in [9.17, 15) is 4.79 Å². The Morgan fingerprint density at radius 1 is 1.26 bits per heavy atom. The standard InChI is InChI=1S/C15H10ClNOS/c1-9-8-19-15(12(9)16)14(18)11-6-2-4-10-5-3-7-17-13(10)11/h2-8H,1H3. The van der Waals surface area contributed by atoms with Crippen LogP contribution in [-0.2, 0) is 0 Å². The van der Waals surface area contributed by atoms with Crippen LogP contribution in [0.15, 0.2) is 41.9 Å². The molecule has 0 fully saturated rings. The van der Waals surface area contributed by atoms with E-state index in [-0.39, 0.29) is 5.78 Å². The van der Waals surface area contributed by atoms with Crippen molar-refractivity contribution < 1.29 is 4.79 Å². The fraction of sp³-hybridized carbons (Fsp3) is 0.0667. The smallest absolute Gasteiger partial charge is 0.206 e. The lowest BCUT2D eigenvalue weighted by Crippen LogP contribution is -2.01. The van der Waals surface area contributed by atoms with Gasteiger partial charge in [0.05, 0.1) is 15.4 Å². The maximum Gasteiger partial charge on any atom is 0.206 e. The number of aromatic nitrogens is 1. The van der Waals surface area contributed by atoms with Gasteiger partial charge >= 0.3 is 0 Å². The molecule has 94 valence electrons. The molecule has 19 heavy (non-hydrogen) atoms. The van der Waals surface area contributed by atoms with E-state index in [4.69, 9.17) is 11.6 Å². The molecule has 0 radical (unpaired) electrons. The summed E-state index contributed by atoms with van der Waals surface area (Å²) in [6, 6.07) is 9.41. The second-order valence-corrected chi connectivity index (χ2v) is 5.53. The minimum atomic E-state index is -0.0626. The van der Waals surface area contributed by atoms with Gasteiger partial charge in [-0.1, -0.05) is 29.8 Å². The van der Waals surface area contributed by atoms with Crippen molar-refractivity contribution in [1.29, 1.82) is 0 Å². The molecule has 3 rings (SSSR count). The Bertz CT molecular complexity index is 773. The van der Waals surface area contributed by atoms with E-state index in [1.54, 1.807) is 12.3 Å². The van der Waals surface area contributed by atoms with Crippen LogP contribution in [0.3, 0.4) is 0 Å². The maximum atomic E-state index is 12.6. The van der Waals surface area contributed by atoms with Crippen LogP contribution in [0.5, 0.6) is 0 Å². The molecule has 0 aliphatic carbocycles. The summed E-state index contributed by atoms with van der Waals surface area (Å²) in [6.45, 7) is 1.90. The number of aryl methyl sites for hydroxylation is 1. The van der Waals surface area contributed by atoms with Crippen LogP contribution < -0.4 is 0 Å². The second-order valence-electron chi connectivity index (χ2n) is 4.27. The van der Waals surface area contributed by atoms with E-state index in [0.29, 0.717) is 15.5 Å². The molecule has 0 aliphatic heterocycles. The zero-order valence-electron chi connectivity index (χ0n) is 10.2. The Hall–Kier alpha value is -1.71. The Labute approximate surface area is 119 Å². The molecule has 0 bridgehead atoms. The molecular formula is C15H10ClNOS. The van der Waals surface area contributed by atoms with Gasteiger partial charge in [0.15, 0.2) is 0 Å². The largest absolute Gasteiger partial charge is 0.288 e. The monoisotopic (exact) mass is 287 g/mol. The molecule has 2 heterocycles. The molecule has 2 nitrogen and oxygen atoms in total. The zero-order valence-corrected chi connectivity index (χ0v) is 11.8. The number of para-hydroxylation sites is 1. The van der Waals surface area contributed by atoms with Crippen molar-refractivity contribution in [1.82, 2.24) is 4.98 Å². The molecule has 1 aromatic carbocycles. The van der Waals surface area contributed by atoms with Crippen LogP contribution in [0.1, 0.15) is 20.8 Å². The number of pyridine rings is 1. The van der Waals surface area contributed by atoms with Crippen molar-refractivity contribution in [3.8, 4) is 0 Å². The minimum Gasteiger partial charge on any atom is -0.288 e. The Morgan fingerprint density at radius 2 is 2.05 bits per heavy atom. The predicted molar refractivity (Wildman–Crippen MR) is 79.2 cm³/mol. The van der Waals surface area contributed by atoms with E-state index in [1.165, 1.54) is 11.3 Å². The minimum absolute atomic E-state index is 0.0626. The van der Waals surface area contributed by atoms with Crippen molar-refractivity contribution in [3.63, 3.8) is 0 Å². The average Bonchev–Trinajstić information content (AvgIpc) is 2.78. The Kier molecular flexibility index (Phi) is 3.09. The predicted octanol–water partition coefficient (Wildman–Crippen LogP) is 4.49. The summed E-state index contributed by atoms with van der Waals surface area (Å²) < 4.78 is 0. The number of rotatable bonds is 2. The third kappa shape index (κ3) is 2.05. The molecule has 0 unspecified atom stereocenters. The van der Waals surface area contributed by atoms with Crippen LogP contribution in [0.25, 0.3) is 10.9 Å². The van der Waals surface area contributed by atoms with E-state index >= 15 is 0 Å². The fourth-order valence-corrected chi connectivity index (χ4v) is 3.23. The molecule has 0 amide bonds. The van der Waals surface area contributed by atoms with E-state index in [0.717, 1.165) is 16.5 Å². The lowest BCUT2D eigenvalue weighted by Gasteiger charge is -2.04. The zero-order chi connectivity index (χ0) is 13.4. The summed E-state index contributed by atoms with van der Waals surface area (Å²) in [4.78, 5) is 17.5. The molecule has 0 atom stereocenters. The summed E-state index contributed by atoms with van der Waals surface area (Å²) in [5, 5.41) is 3.40. The molecular weight excluding hydrogens is 278 g/mol.